The maximum atomic E-state index is 17.2. The molecule has 3 fully saturated rings. The number of halogens is 6. The van der Waals surface area contributed by atoms with Crippen molar-refractivity contribution < 1.29 is 45.8 Å². The maximum Gasteiger partial charge on any atom is 0.413 e. The Morgan fingerprint density at radius 1 is 1.00 bits per heavy atom. The minimum absolute atomic E-state index is 0.00837. The van der Waals surface area contributed by atoms with Crippen LogP contribution in [0.4, 0.5) is 42.5 Å². The number of hydrogen-bond donors (Lipinski definition) is 1. The van der Waals surface area contributed by atoms with E-state index in [1.54, 1.807) is 41.5 Å². The number of amides is 2. The fourth-order valence-electron chi connectivity index (χ4n) is 7.65. The van der Waals surface area contributed by atoms with Gasteiger partial charge in [-0.1, -0.05) is 22.9 Å². The van der Waals surface area contributed by atoms with Crippen molar-refractivity contribution in [2.75, 3.05) is 56.1 Å². The van der Waals surface area contributed by atoms with Gasteiger partial charge in [-0.2, -0.15) is 9.97 Å². The molecule has 0 radical (unpaired) electrons. The first kappa shape index (κ1) is 40.9. The predicted molar refractivity (Wildman–Crippen MR) is 206 cm³/mol. The van der Waals surface area contributed by atoms with E-state index in [0.717, 1.165) is 28.7 Å². The van der Waals surface area contributed by atoms with Gasteiger partial charge in [0.05, 0.1) is 33.9 Å². The number of hydrogen-bond acceptors (Lipinski definition) is 11. The molecule has 2 amide bonds. The molecule has 5 heterocycles. The number of rotatable bonds is 6. The highest BCUT2D eigenvalue weighted by atomic mass is 35.5. The zero-order chi connectivity index (χ0) is 41.2. The van der Waals surface area contributed by atoms with E-state index >= 15 is 17.6 Å². The largest absolute Gasteiger partial charge is 0.461 e. The average molecular weight is 840 g/mol. The van der Waals surface area contributed by atoms with Gasteiger partial charge in [-0.3, -0.25) is 10.2 Å². The predicted octanol–water partition coefficient (Wildman–Crippen LogP) is 8.83. The van der Waals surface area contributed by atoms with Gasteiger partial charge in [0.15, 0.2) is 10.9 Å². The van der Waals surface area contributed by atoms with Crippen molar-refractivity contribution in [2.45, 2.75) is 89.6 Å². The number of thiazole rings is 1. The van der Waals surface area contributed by atoms with Crippen molar-refractivity contribution in [3.63, 3.8) is 0 Å². The summed E-state index contributed by atoms with van der Waals surface area (Å²) in [5.74, 6) is -5.29. The van der Waals surface area contributed by atoms with Crippen molar-refractivity contribution in [2.24, 2.45) is 0 Å². The van der Waals surface area contributed by atoms with Crippen LogP contribution in [0.5, 0.6) is 6.01 Å². The zero-order valence-electron chi connectivity index (χ0n) is 32.3. The highest BCUT2D eigenvalue weighted by Gasteiger charge is 2.49. The molecule has 12 nitrogen and oxygen atoms in total. The van der Waals surface area contributed by atoms with E-state index in [9.17, 15) is 14.0 Å². The Morgan fingerprint density at radius 3 is 2.46 bits per heavy atom. The third-order valence-electron chi connectivity index (χ3n) is 9.88. The number of benzene rings is 2. The Balaban J connectivity index is 1.32. The van der Waals surface area contributed by atoms with Gasteiger partial charge >= 0.3 is 18.2 Å². The number of ether oxygens (including phenoxy) is 3. The second-order valence-electron chi connectivity index (χ2n) is 16.7. The summed E-state index contributed by atoms with van der Waals surface area (Å²) in [6.45, 7) is 8.60. The topological polar surface area (TPSA) is 122 Å². The molecule has 3 aliphatic rings. The third-order valence-corrected chi connectivity index (χ3v) is 11.2. The summed E-state index contributed by atoms with van der Waals surface area (Å²) in [5, 5.41) is 2.23. The second-order valence-corrected chi connectivity index (χ2v) is 18.1. The van der Waals surface area contributed by atoms with Crippen LogP contribution in [0.1, 0.15) is 60.8 Å². The number of anilines is 2. The maximum absolute atomic E-state index is 17.2. The molecular formula is C38H43ClF5N7O5S. The summed E-state index contributed by atoms with van der Waals surface area (Å²) in [6.07, 6.45) is -1.11. The van der Waals surface area contributed by atoms with E-state index in [0.29, 0.717) is 13.0 Å². The molecule has 0 spiro atoms. The number of fused-ring (bicyclic) bond motifs is 3. The van der Waals surface area contributed by atoms with Crippen molar-refractivity contribution in [1.82, 2.24) is 24.8 Å². The van der Waals surface area contributed by atoms with E-state index in [-0.39, 0.29) is 86.9 Å². The molecule has 0 aliphatic carbocycles. The number of nitrogens with zero attached hydrogens (tertiary/aromatic N) is 6. The third kappa shape index (κ3) is 8.63. The van der Waals surface area contributed by atoms with Gasteiger partial charge in [-0.15, -0.1) is 0 Å². The average Bonchev–Trinajstić information content (AvgIpc) is 3.73. The van der Waals surface area contributed by atoms with Crippen LogP contribution in [0.3, 0.4) is 0 Å². The van der Waals surface area contributed by atoms with Gasteiger partial charge in [0, 0.05) is 42.6 Å². The minimum atomic E-state index is -3.47. The first-order chi connectivity index (χ1) is 26.6. The standard InChI is InChI=1S/C38H43ClF5N7O5S/c1-35(2,3)55-33(52)48-32-46-28-21(8-9-24(41)29(28)57-32)25-23(39)14-22-27(26(25)42)45-31(54-19-37-10-7-11-51(37)16-20(40)15-37)47-30(22)49-12-13-50(18-38(43,44)17-49)34(53)56-36(4,5)6/h8-9,14,20H,7,10-13,15-19H2,1-6H3,(H,46,48,52)/t20?,37-/m0/s1. The lowest BCUT2D eigenvalue weighted by Crippen LogP contribution is -2.44. The van der Waals surface area contributed by atoms with Crippen molar-refractivity contribution in [3.8, 4) is 17.1 Å². The molecule has 0 saturated carbocycles. The summed E-state index contributed by atoms with van der Waals surface area (Å²) in [7, 11) is 0. The lowest BCUT2D eigenvalue weighted by atomic mass is 9.95. The highest BCUT2D eigenvalue weighted by molar-refractivity contribution is 7.22. The fourth-order valence-corrected chi connectivity index (χ4v) is 8.83. The molecule has 0 bridgehead atoms. The van der Waals surface area contributed by atoms with Crippen LogP contribution in [-0.2, 0) is 9.47 Å². The molecule has 3 saturated heterocycles. The van der Waals surface area contributed by atoms with Crippen LogP contribution in [0.2, 0.25) is 5.02 Å². The summed E-state index contributed by atoms with van der Waals surface area (Å²) in [5.41, 5.74) is -2.93. The van der Waals surface area contributed by atoms with Crippen LogP contribution in [0, 0.1) is 11.6 Å². The number of aromatic nitrogens is 3. The number of carbonyl (C=O) groups excluding carboxylic acids is 2. The van der Waals surface area contributed by atoms with Crippen LogP contribution < -0.4 is 15.0 Å². The molecule has 1 unspecified atom stereocenters. The molecule has 7 rings (SSSR count). The van der Waals surface area contributed by atoms with E-state index in [4.69, 9.17) is 25.8 Å². The Kier molecular flexibility index (Phi) is 10.6. The molecule has 1 N–H and O–H groups in total. The summed E-state index contributed by atoms with van der Waals surface area (Å²) < 4.78 is 95.2. The Bertz CT molecular complexity index is 2230. The van der Waals surface area contributed by atoms with Crippen LogP contribution in [-0.4, -0.2) is 112 Å². The fraction of sp³-hybridized carbons (Fsp3) is 0.553. The second kappa shape index (κ2) is 14.8. The number of alkyl halides is 3. The summed E-state index contributed by atoms with van der Waals surface area (Å²) in [6, 6.07) is 3.38. The minimum Gasteiger partial charge on any atom is -0.461 e. The van der Waals surface area contributed by atoms with Gasteiger partial charge in [0.2, 0.25) is 0 Å². The van der Waals surface area contributed by atoms with Crippen LogP contribution >= 0.6 is 22.9 Å². The smallest absolute Gasteiger partial charge is 0.413 e. The van der Waals surface area contributed by atoms with E-state index < -0.39 is 65.7 Å². The molecule has 2 atom stereocenters. The highest BCUT2D eigenvalue weighted by Crippen LogP contribution is 2.44. The normalized spacial score (nSPS) is 21.5. The monoisotopic (exact) mass is 839 g/mol. The van der Waals surface area contributed by atoms with E-state index in [1.165, 1.54) is 17.0 Å². The van der Waals surface area contributed by atoms with Crippen molar-refractivity contribution in [1.29, 1.82) is 0 Å². The summed E-state index contributed by atoms with van der Waals surface area (Å²) >= 11 is 7.63. The molecule has 2 aromatic carbocycles. The first-order valence-corrected chi connectivity index (χ1v) is 19.7. The molecule has 2 aromatic heterocycles. The Labute approximate surface area is 334 Å². The molecule has 308 valence electrons. The molecule has 57 heavy (non-hydrogen) atoms. The van der Waals surface area contributed by atoms with Gasteiger partial charge in [-0.05, 0) is 79.1 Å². The van der Waals surface area contributed by atoms with Gasteiger partial charge in [0.25, 0.3) is 5.92 Å². The summed E-state index contributed by atoms with van der Waals surface area (Å²) in [4.78, 5) is 42.9. The quantitative estimate of drug-likeness (QED) is 0.189. The van der Waals surface area contributed by atoms with E-state index in [1.807, 2.05) is 4.90 Å². The Morgan fingerprint density at radius 2 is 1.74 bits per heavy atom. The van der Waals surface area contributed by atoms with Gasteiger partial charge in [0.1, 0.15) is 41.1 Å². The zero-order valence-corrected chi connectivity index (χ0v) is 33.9. The molecule has 19 heteroatoms. The SMILES string of the molecule is CC(C)(C)OC(=O)Nc1nc2c(-c3c(Cl)cc4c(N5CCN(C(=O)OC(C)(C)C)CC(F)(F)C5)nc(OC[C@@]56CCCN5CC(F)C6)nc4c3F)ccc(F)c2s1. The van der Waals surface area contributed by atoms with Crippen LogP contribution in [0.25, 0.3) is 32.2 Å². The molecular weight excluding hydrogens is 797 g/mol. The number of nitrogens with one attached hydrogen (secondary N) is 1. The van der Waals surface area contributed by atoms with Crippen molar-refractivity contribution in [3.05, 3.63) is 34.9 Å². The lowest BCUT2D eigenvalue weighted by Gasteiger charge is -2.31. The van der Waals surface area contributed by atoms with Crippen molar-refractivity contribution >= 4 is 67.2 Å². The number of carbonyl (C=O) groups is 2. The van der Waals surface area contributed by atoms with Gasteiger partial charge in [-0.25, -0.2) is 36.5 Å². The van der Waals surface area contributed by atoms with Gasteiger partial charge < -0.3 is 24.0 Å². The van der Waals surface area contributed by atoms with E-state index in [2.05, 4.69) is 20.3 Å². The lowest BCUT2D eigenvalue weighted by molar-refractivity contribution is -0.0285. The van der Waals surface area contributed by atoms with Crippen LogP contribution in [0.15, 0.2) is 18.2 Å². The Hall–Kier alpha value is -4.29. The first-order valence-electron chi connectivity index (χ1n) is 18.5. The molecule has 3 aliphatic heterocycles. The molecule has 4 aromatic rings.